The van der Waals surface area contributed by atoms with Crippen molar-refractivity contribution in [3.8, 4) is 0 Å². The third kappa shape index (κ3) is 5.00. The van der Waals surface area contributed by atoms with Crippen molar-refractivity contribution >= 4 is 12.3 Å². The van der Waals surface area contributed by atoms with Crippen molar-refractivity contribution in [2.75, 3.05) is 6.61 Å². The lowest BCUT2D eigenvalue weighted by Gasteiger charge is -1.96. The van der Waals surface area contributed by atoms with Gasteiger partial charge in [-0.1, -0.05) is 6.92 Å². The maximum atomic E-state index is 10.3. The lowest BCUT2D eigenvalue weighted by molar-refractivity contribution is -0.144. The Morgan fingerprint density at radius 1 is 1.67 bits per heavy atom. The van der Waals surface area contributed by atoms with Crippen LogP contribution < -0.4 is 0 Å². The molecule has 0 saturated heterocycles. The average Bonchev–Trinajstić information content (AvgIpc) is 1.85. The minimum Gasteiger partial charge on any atom is -0.465 e. The second kappa shape index (κ2) is 5.28. The highest BCUT2D eigenvalue weighted by Gasteiger charge is 1.97. The summed E-state index contributed by atoms with van der Waals surface area (Å²) < 4.78 is 4.56. The summed E-state index contributed by atoms with van der Waals surface area (Å²) in [5.41, 5.74) is 0. The van der Waals surface area contributed by atoms with Crippen molar-refractivity contribution in [1.82, 2.24) is 0 Å². The van der Waals surface area contributed by atoms with Crippen LogP contribution in [0.2, 0.25) is 0 Å². The fourth-order valence-electron chi connectivity index (χ4n) is 0.343. The molecule has 0 aliphatic rings. The molecule has 0 atom stereocenters. The third-order valence-corrected chi connectivity index (χ3v) is 0.717. The van der Waals surface area contributed by atoms with E-state index in [1.807, 2.05) is 6.92 Å². The van der Waals surface area contributed by atoms with Gasteiger partial charge in [-0.05, 0) is 6.42 Å². The molecule has 0 fully saturated rings. The number of carbonyl (C=O) groups is 2. The summed E-state index contributed by atoms with van der Waals surface area (Å²) in [4.78, 5) is 20.0. The van der Waals surface area contributed by atoms with E-state index in [-0.39, 0.29) is 6.42 Å². The molecule has 3 nitrogen and oxygen atoms in total. The van der Waals surface area contributed by atoms with Crippen LogP contribution in [0.25, 0.3) is 0 Å². The first-order valence-electron chi connectivity index (χ1n) is 2.90. The zero-order valence-corrected chi connectivity index (χ0v) is 5.42. The smallest absolute Gasteiger partial charge is 0.313 e. The predicted molar refractivity (Wildman–Crippen MR) is 31.9 cm³/mol. The molecule has 52 valence electrons. The van der Waals surface area contributed by atoms with Gasteiger partial charge >= 0.3 is 5.97 Å². The molecule has 0 heterocycles. The van der Waals surface area contributed by atoms with Crippen molar-refractivity contribution in [3.63, 3.8) is 0 Å². The van der Waals surface area contributed by atoms with E-state index >= 15 is 0 Å². The Hall–Kier alpha value is -0.860. The van der Waals surface area contributed by atoms with Gasteiger partial charge in [0.05, 0.1) is 6.61 Å². The number of aldehydes is 1. The maximum absolute atomic E-state index is 10.3. The number of carbonyl (C=O) groups excluding carboxylic acids is 2. The lowest BCUT2D eigenvalue weighted by atomic mass is 10.5. The molecule has 0 unspecified atom stereocenters. The van der Waals surface area contributed by atoms with Gasteiger partial charge in [0.2, 0.25) is 0 Å². The molecule has 0 rings (SSSR count). The van der Waals surface area contributed by atoms with Gasteiger partial charge in [-0.25, -0.2) is 0 Å². The number of ether oxygens (including phenoxy) is 1. The number of esters is 1. The Morgan fingerprint density at radius 3 is 2.78 bits per heavy atom. The summed E-state index contributed by atoms with van der Waals surface area (Å²) in [6.07, 6.45) is 1.21. The van der Waals surface area contributed by atoms with Gasteiger partial charge in [0, 0.05) is 0 Å². The molecule has 9 heavy (non-hydrogen) atoms. The largest absolute Gasteiger partial charge is 0.465 e. The first-order chi connectivity index (χ1) is 4.31. The topological polar surface area (TPSA) is 43.4 Å². The molecule has 0 aliphatic carbocycles. The van der Waals surface area contributed by atoms with Crippen molar-refractivity contribution < 1.29 is 14.3 Å². The molecule has 0 aliphatic heterocycles. The van der Waals surface area contributed by atoms with Crippen LogP contribution in [0.3, 0.4) is 0 Å². The summed E-state index contributed by atoms with van der Waals surface area (Å²) in [5, 5.41) is 0. The predicted octanol–water partition coefficient (Wildman–Crippen LogP) is 0.529. The molecule has 0 aromatic carbocycles. The van der Waals surface area contributed by atoms with E-state index in [0.29, 0.717) is 12.9 Å². The molecular weight excluding hydrogens is 120 g/mol. The summed E-state index contributed by atoms with van der Waals surface area (Å²) in [6.45, 7) is 2.31. The van der Waals surface area contributed by atoms with E-state index in [2.05, 4.69) is 4.74 Å². The Balaban J connectivity index is 3.16. The van der Waals surface area contributed by atoms with Gasteiger partial charge in [-0.3, -0.25) is 4.79 Å². The monoisotopic (exact) mass is 130 g/mol. The first-order valence-corrected chi connectivity index (χ1v) is 2.90. The molecule has 0 bridgehead atoms. The minimum atomic E-state index is -0.438. The van der Waals surface area contributed by atoms with Crippen LogP contribution in [-0.2, 0) is 14.3 Å². The third-order valence-electron chi connectivity index (χ3n) is 0.717. The van der Waals surface area contributed by atoms with E-state index in [1.165, 1.54) is 0 Å². The average molecular weight is 130 g/mol. The van der Waals surface area contributed by atoms with Crippen LogP contribution in [0, 0.1) is 0 Å². The highest BCUT2D eigenvalue weighted by atomic mass is 16.5. The maximum Gasteiger partial charge on any atom is 0.313 e. The zero-order chi connectivity index (χ0) is 7.11. The summed E-state index contributed by atoms with van der Waals surface area (Å²) in [6, 6.07) is 0. The fourth-order valence-corrected chi connectivity index (χ4v) is 0.343. The number of hydrogen-bond acceptors (Lipinski definition) is 3. The first kappa shape index (κ1) is 8.14. The van der Waals surface area contributed by atoms with Crippen molar-refractivity contribution in [3.05, 3.63) is 0 Å². The van der Waals surface area contributed by atoms with Crippen molar-refractivity contribution in [2.24, 2.45) is 0 Å². The van der Waals surface area contributed by atoms with E-state index in [9.17, 15) is 9.59 Å². The highest BCUT2D eigenvalue weighted by molar-refractivity contribution is 5.83. The van der Waals surface area contributed by atoms with Crippen LogP contribution >= 0.6 is 0 Å². The number of rotatable bonds is 4. The molecule has 0 radical (unpaired) electrons. The van der Waals surface area contributed by atoms with E-state index in [0.717, 1.165) is 6.42 Å². The summed E-state index contributed by atoms with van der Waals surface area (Å²) in [5.74, 6) is -0.438. The second-order valence-electron chi connectivity index (χ2n) is 1.59. The Morgan fingerprint density at radius 2 is 2.33 bits per heavy atom. The van der Waals surface area contributed by atoms with E-state index in [1.54, 1.807) is 0 Å². The normalized spacial score (nSPS) is 8.56. The van der Waals surface area contributed by atoms with Gasteiger partial charge in [0.25, 0.3) is 0 Å². The van der Waals surface area contributed by atoms with Crippen LogP contribution in [0.15, 0.2) is 0 Å². The van der Waals surface area contributed by atoms with Crippen LogP contribution in [0.5, 0.6) is 0 Å². The molecule has 0 N–H and O–H groups in total. The van der Waals surface area contributed by atoms with E-state index < -0.39 is 5.97 Å². The minimum absolute atomic E-state index is 0.125. The van der Waals surface area contributed by atoms with Crippen LogP contribution in [0.1, 0.15) is 19.8 Å². The van der Waals surface area contributed by atoms with Gasteiger partial charge in [0.15, 0.2) is 0 Å². The van der Waals surface area contributed by atoms with Crippen LogP contribution in [-0.4, -0.2) is 18.9 Å². The standard InChI is InChI=1S/C6H10O3/c1-2-5-9-6(8)3-4-7/h4H,2-3,5H2,1H3. The van der Waals surface area contributed by atoms with Gasteiger partial charge in [-0.2, -0.15) is 0 Å². The van der Waals surface area contributed by atoms with Gasteiger partial charge in [-0.15, -0.1) is 0 Å². The van der Waals surface area contributed by atoms with Crippen molar-refractivity contribution in [1.29, 1.82) is 0 Å². The molecule has 0 amide bonds. The Labute approximate surface area is 54.0 Å². The lowest BCUT2D eigenvalue weighted by Crippen LogP contribution is -2.04. The quantitative estimate of drug-likeness (QED) is 0.316. The SMILES string of the molecule is CCCOC(=O)CC=O. The zero-order valence-electron chi connectivity index (χ0n) is 5.42. The molecule has 0 saturated carbocycles. The molecule has 0 aromatic heterocycles. The Bertz CT molecular complexity index is 98.5. The molecule has 0 spiro atoms. The van der Waals surface area contributed by atoms with Gasteiger partial charge in [0.1, 0.15) is 12.7 Å². The second-order valence-corrected chi connectivity index (χ2v) is 1.59. The van der Waals surface area contributed by atoms with Crippen LogP contribution in [0.4, 0.5) is 0 Å². The number of hydrogen-bond donors (Lipinski definition) is 0. The summed E-state index contributed by atoms with van der Waals surface area (Å²) in [7, 11) is 0. The summed E-state index contributed by atoms with van der Waals surface area (Å²) >= 11 is 0. The molecule has 3 heteroatoms. The van der Waals surface area contributed by atoms with Gasteiger partial charge < -0.3 is 9.53 Å². The molecular formula is C6H10O3. The Kier molecular flexibility index (Phi) is 4.78. The van der Waals surface area contributed by atoms with Crippen molar-refractivity contribution in [2.45, 2.75) is 19.8 Å². The molecule has 0 aromatic rings. The van der Waals surface area contributed by atoms with E-state index in [4.69, 9.17) is 0 Å². The highest BCUT2D eigenvalue weighted by Crippen LogP contribution is 1.84. The fraction of sp³-hybridized carbons (Fsp3) is 0.667.